The van der Waals surface area contributed by atoms with E-state index in [2.05, 4.69) is 24.6 Å². The fourth-order valence-electron chi connectivity index (χ4n) is 6.33. The van der Waals surface area contributed by atoms with Gasteiger partial charge in [0.25, 0.3) is 5.56 Å². The summed E-state index contributed by atoms with van der Waals surface area (Å²) in [6.45, 7) is 7.84. The molecule has 0 atom stereocenters. The zero-order valence-corrected chi connectivity index (χ0v) is 31.3. The molecular weight excluding hydrogens is 681 g/mol. The Morgan fingerprint density at radius 1 is 0.868 bits per heavy atom. The predicted octanol–water partition coefficient (Wildman–Crippen LogP) is 6.90. The van der Waals surface area contributed by atoms with Crippen molar-refractivity contribution in [3.8, 4) is 39.5 Å². The number of primary amides is 1. The minimum absolute atomic E-state index is 0.150. The lowest BCUT2D eigenvalue weighted by Crippen LogP contribution is -2.24. The van der Waals surface area contributed by atoms with Crippen LogP contribution in [0, 0.1) is 0 Å². The van der Waals surface area contributed by atoms with Gasteiger partial charge >= 0.3 is 0 Å². The number of ether oxygens (including phenoxy) is 1. The van der Waals surface area contributed by atoms with Crippen LogP contribution in [0.25, 0.3) is 50.6 Å². The van der Waals surface area contributed by atoms with E-state index in [0.29, 0.717) is 58.1 Å². The number of anilines is 1. The number of hydrogen-bond donors (Lipinski definition) is 2. The molecule has 0 bridgehead atoms. The van der Waals surface area contributed by atoms with Crippen molar-refractivity contribution in [3.05, 3.63) is 136 Å². The van der Waals surface area contributed by atoms with Gasteiger partial charge in [0.1, 0.15) is 18.1 Å². The Hall–Kier alpha value is -6.11. The van der Waals surface area contributed by atoms with Crippen molar-refractivity contribution < 1.29 is 9.53 Å². The molecule has 4 aromatic heterocycles. The number of hydrogen-bond acceptors (Lipinski definition) is 7. The second-order valence-corrected chi connectivity index (χ2v) is 20.0. The summed E-state index contributed by atoms with van der Waals surface area (Å²) in [5, 5.41) is 0. The van der Waals surface area contributed by atoms with Crippen LogP contribution in [0.3, 0.4) is 0 Å². The van der Waals surface area contributed by atoms with Gasteiger partial charge in [-0.3, -0.25) is 23.5 Å². The predicted molar refractivity (Wildman–Crippen MR) is 212 cm³/mol. The van der Waals surface area contributed by atoms with Crippen molar-refractivity contribution in [1.82, 2.24) is 28.9 Å². The maximum absolute atomic E-state index is 13.3. The summed E-state index contributed by atoms with van der Waals surface area (Å²) >= 11 is 0. The highest BCUT2D eigenvalue weighted by Gasteiger charge is 2.20. The average molecular weight is 723 g/mol. The molecule has 0 aliphatic heterocycles. The van der Waals surface area contributed by atoms with E-state index in [4.69, 9.17) is 26.2 Å². The molecule has 0 saturated carbocycles. The number of nitrogens with two attached hydrogens (primary N) is 2. The standard InChI is InChI=1S/C41H42N8O3Si/c1-47-41(51)34(25-48(47)26-52-21-22-53(2,3)4)29-14-17-32(38(43)50)30(24-29)23-27-12-15-31(16-13-27)49-39(33-11-8-20-44-37(33)42)46-36-19-18-35(45-40(36)49)28-9-6-5-7-10-28/h5-20,24-25H,21-23,26H2,1-4H3,(H2,42,44)(H2,43,50). The molecule has 0 radical (unpaired) electrons. The summed E-state index contributed by atoms with van der Waals surface area (Å²) in [6.07, 6.45) is 3.87. The number of carbonyl (C=O) groups excluding carboxylic acids is 1. The maximum Gasteiger partial charge on any atom is 0.274 e. The molecule has 4 N–H and O–H groups in total. The van der Waals surface area contributed by atoms with E-state index in [0.717, 1.165) is 34.1 Å². The third-order valence-electron chi connectivity index (χ3n) is 9.33. The van der Waals surface area contributed by atoms with E-state index >= 15 is 0 Å². The van der Waals surface area contributed by atoms with Gasteiger partial charge in [0.05, 0.1) is 16.8 Å². The lowest BCUT2D eigenvalue weighted by Gasteiger charge is -2.16. The van der Waals surface area contributed by atoms with Gasteiger partial charge in [-0.25, -0.2) is 15.0 Å². The molecule has 4 heterocycles. The van der Waals surface area contributed by atoms with Crippen LogP contribution in [0.15, 0.2) is 114 Å². The van der Waals surface area contributed by atoms with Crippen LogP contribution in [0.2, 0.25) is 25.7 Å². The number of nitrogens with zero attached hydrogens (tertiary/aromatic N) is 6. The average Bonchev–Trinajstić information content (AvgIpc) is 3.66. The van der Waals surface area contributed by atoms with E-state index in [-0.39, 0.29) is 12.3 Å². The number of benzene rings is 3. The van der Waals surface area contributed by atoms with Crippen molar-refractivity contribution in [3.63, 3.8) is 0 Å². The molecule has 0 unspecified atom stereocenters. The Morgan fingerprint density at radius 2 is 1.64 bits per heavy atom. The van der Waals surface area contributed by atoms with E-state index in [9.17, 15) is 9.59 Å². The van der Waals surface area contributed by atoms with E-state index in [1.54, 1.807) is 40.9 Å². The van der Waals surface area contributed by atoms with Crippen LogP contribution in [-0.4, -0.2) is 49.5 Å². The van der Waals surface area contributed by atoms with Crippen molar-refractivity contribution in [2.45, 2.75) is 38.8 Å². The number of fused-ring (bicyclic) bond motifs is 1. The number of aromatic nitrogens is 6. The minimum Gasteiger partial charge on any atom is -0.383 e. The quantitative estimate of drug-likeness (QED) is 0.103. The minimum atomic E-state index is -1.24. The zero-order valence-electron chi connectivity index (χ0n) is 30.3. The molecule has 12 heteroatoms. The van der Waals surface area contributed by atoms with Gasteiger partial charge < -0.3 is 16.2 Å². The van der Waals surface area contributed by atoms with E-state index < -0.39 is 14.0 Å². The van der Waals surface area contributed by atoms with Gasteiger partial charge in [-0.05, 0) is 77.7 Å². The van der Waals surface area contributed by atoms with Crippen molar-refractivity contribution in [2.75, 3.05) is 12.3 Å². The second kappa shape index (κ2) is 14.5. The summed E-state index contributed by atoms with van der Waals surface area (Å²) in [6, 6.07) is 32.0. The SMILES string of the molecule is Cn1c(=O)c(-c2ccc(C(N)=O)c(Cc3ccc(-n4c(-c5cccnc5N)nc5ccc(-c6ccccc6)nc54)cc3)c2)cn1COCC[Si](C)(C)C. The van der Waals surface area contributed by atoms with Crippen LogP contribution in [0.5, 0.6) is 0 Å². The van der Waals surface area contributed by atoms with Gasteiger partial charge in [-0.15, -0.1) is 0 Å². The largest absolute Gasteiger partial charge is 0.383 e. The number of nitrogen functional groups attached to an aromatic ring is 1. The van der Waals surface area contributed by atoms with Crippen molar-refractivity contribution >= 4 is 31.0 Å². The third kappa shape index (κ3) is 7.45. The van der Waals surface area contributed by atoms with Crippen LogP contribution in [0.1, 0.15) is 21.5 Å². The molecule has 0 aliphatic carbocycles. The molecule has 0 aliphatic rings. The normalized spacial score (nSPS) is 11.7. The molecule has 3 aromatic carbocycles. The summed E-state index contributed by atoms with van der Waals surface area (Å²) in [5.74, 6) is 0.450. The molecule has 268 valence electrons. The first-order chi connectivity index (χ1) is 25.5. The number of imidazole rings is 1. The Bertz CT molecular complexity index is 2500. The highest BCUT2D eigenvalue weighted by atomic mass is 28.3. The molecule has 0 saturated heterocycles. The summed E-state index contributed by atoms with van der Waals surface area (Å²) in [5.41, 5.74) is 20.0. The highest BCUT2D eigenvalue weighted by molar-refractivity contribution is 6.76. The lowest BCUT2D eigenvalue weighted by atomic mass is 9.95. The van der Waals surface area contributed by atoms with Crippen LogP contribution in [0.4, 0.5) is 5.82 Å². The molecule has 0 spiro atoms. The lowest BCUT2D eigenvalue weighted by molar-refractivity contribution is 0.0703. The molecule has 7 aromatic rings. The third-order valence-corrected chi connectivity index (χ3v) is 11.0. The Balaban J connectivity index is 1.22. The van der Waals surface area contributed by atoms with Gasteiger partial charge in [0.2, 0.25) is 5.91 Å². The molecule has 7 rings (SSSR count). The van der Waals surface area contributed by atoms with Gasteiger partial charge in [0.15, 0.2) is 11.5 Å². The molecule has 1 amide bonds. The van der Waals surface area contributed by atoms with E-state index in [1.165, 1.54) is 0 Å². The van der Waals surface area contributed by atoms with Crippen LogP contribution >= 0.6 is 0 Å². The molecular formula is C41H42N8O3Si. The number of amides is 1. The fraction of sp³-hybridized carbons (Fsp3) is 0.195. The Labute approximate surface area is 308 Å². The van der Waals surface area contributed by atoms with Gasteiger partial charge in [-0.2, -0.15) is 0 Å². The summed E-state index contributed by atoms with van der Waals surface area (Å²) < 4.78 is 11.2. The summed E-state index contributed by atoms with van der Waals surface area (Å²) in [4.78, 5) is 40.2. The van der Waals surface area contributed by atoms with E-state index in [1.807, 2.05) is 89.5 Å². The monoisotopic (exact) mass is 722 g/mol. The first-order valence-electron chi connectivity index (χ1n) is 17.5. The number of pyridine rings is 2. The second-order valence-electron chi connectivity index (χ2n) is 14.4. The van der Waals surface area contributed by atoms with Crippen LogP contribution in [-0.2, 0) is 24.9 Å². The fourth-order valence-corrected chi connectivity index (χ4v) is 7.09. The molecule has 0 fully saturated rings. The topological polar surface area (TPSA) is 149 Å². The highest BCUT2D eigenvalue weighted by Crippen LogP contribution is 2.32. The van der Waals surface area contributed by atoms with Gasteiger partial charge in [-0.1, -0.05) is 68.2 Å². The number of rotatable bonds is 12. The maximum atomic E-state index is 13.3. The Morgan fingerprint density at radius 3 is 2.36 bits per heavy atom. The summed E-state index contributed by atoms with van der Waals surface area (Å²) in [7, 11) is 0.490. The van der Waals surface area contributed by atoms with Crippen molar-refractivity contribution in [2.24, 2.45) is 12.8 Å². The molecule has 11 nitrogen and oxygen atoms in total. The van der Waals surface area contributed by atoms with Crippen molar-refractivity contribution in [1.29, 1.82) is 0 Å². The van der Waals surface area contributed by atoms with Crippen LogP contribution < -0.4 is 17.0 Å². The number of carbonyl (C=O) groups is 1. The Kier molecular flexibility index (Phi) is 9.65. The smallest absolute Gasteiger partial charge is 0.274 e. The first-order valence-corrected chi connectivity index (χ1v) is 21.2. The van der Waals surface area contributed by atoms with Gasteiger partial charge in [0, 0.05) is 50.9 Å². The molecule has 53 heavy (non-hydrogen) atoms. The first kappa shape index (κ1) is 35.3. The zero-order chi connectivity index (χ0) is 37.3.